The number of aliphatic hydroxyl groups excluding tert-OH is 1. The summed E-state index contributed by atoms with van der Waals surface area (Å²) in [7, 11) is 0. The Bertz CT molecular complexity index is 225. The molecule has 0 spiro atoms. The van der Waals surface area contributed by atoms with E-state index >= 15 is 0 Å². The number of nitrogens with one attached hydrogen (secondary N) is 2. The maximum absolute atomic E-state index is 12.1. The molecule has 0 saturated carbocycles. The van der Waals surface area contributed by atoms with Gasteiger partial charge in [-0.3, -0.25) is 4.79 Å². The first-order chi connectivity index (χ1) is 7.62. The Balaban J connectivity index is 2.48. The first-order valence-electron chi connectivity index (χ1n) is 6.25. The van der Waals surface area contributed by atoms with Gasteiger partial charge in [0.2, 0.25) is 5.91 Å². The lowest BCUT2D eigenvalue weighted by Gasteiger charge is -2.34. The summed E-state index contributed by atoms with van der Waals surface area (Å²) in [4.78, 5) is 12.1. The highest BCUT2D eigenvalue weighted by molar-refractivity contribution is 5.82. The van der Waals surface area contributed by atoms with Crippen LogP contribution < -0.4 is 10.6 Å². The van der Waals surface area contributed by atoms with E-state index in [1.807, 2.05) is 13.8 Å². The van der Waals surface area contributed by atoms with E-state index in [0.717, 1.165) is 32.4 Å². The van der Waals surface area contributed by atoms with Crippen molar-refractivity contribution >= 4 is 5.91 Å². The molecular weight excluding hydrogens is 204 g/mol. The molecule has 3 N–H and O–H groups in total. The molecule has 0 radical (unpaired) electrons. The first kappa shape index (κ1) is 13.5. The van der Waals surface area contributed by atoms with Crippen LogP contribution in [0.3, 0.4) is 0 Å². The van der Waals surface area contributed by atoms with Crippen LogP contribution in [-0.4, -0.2) is 36.8 Å². The molecule has 0 bridgehead atoms. The Hall–Kier alpha value is -0.610. The molecule has 1 rings (SSSR count). The number of carbonyl (C=O) groups is 1. The van der Waals surface area contributed by atoms with Gasteiger partial charge in [0.15, 0.2) is 0 Å². The molecule has 94 valence electrons. The molecule has 4 heteroatoms. The number of aliphatic hydroxyl groups is 1. The third kappa shape index (κ3) is 3.46. The van der Waals surface area contributed by atoms with Crippen LogP contribution in [0.1, 0.15) is 39.5 Å². The van der Waals surface area contributed by atoms with Crippen LogP contribution in [0.25, 0.3) is 0 Å². The lowest BCUT2D eigenvalue weighted by atomic mass is 9.81. The van der Waals surface area contributed by atoms with Crippen molar-refractivity contribution in [3.05, 3.63) is 0 Å². The van der Waals surface area contributed by atoms with E-state index in [1.54, 1.807) is 0 Å². The van der Waals surface area contributed by atoms with Gasteiger partial charge in [0.25, 0.3) is 0 Å². The SMILES string of the molecule is CCC(CCO)NC(=O)C1(C)CCCNC1. The second-order valence-corrected chi connectivity index (χ2v) is 4.93. The number of piperidine rings is 1. The van der Waals surface area contributed by atoms with Gasteiger partial charge in [0.05, 0.1) is 5.41 Å². The quantitative estimate of drug-likeness (QED) is 0.647. The molecule has 1 saturated heterocycles. The zero-order valence-electron chi connectivity index (χ0n) is 10.4. The summed E-state index contributed by atoms with van der Waals surface area (Å²) in [5.74, 6) is 0.125. The molecule has 0 aromatic rings. The molecule has 16 heavy (non-hydrogen) atoms. The molecule has 1 heterocycles. The van der Waals surface area contributed by atoms with Crippen molar-refractivity contribution < 1.29 is 9.90 Å². The van der Waals surface area contributed by atoms with Gasteiger partial charge < -0.3 is 15.7 Å². The van der Waals surface area contributed by atoms with E-state index in [4.69, 9.17) is 5.11 Å². The van der Waals surface area contributed by atoms with E-state index in [2.05, 4.69) is 10.6 Å². The summed E-state index contributed by atoms with van der Waals surface area (Å²) in [5.41, 5.74) is -0.277. The average molecular weight is 228 g/mol. The lowest BCUT2D eigenvalue weighted by molar-refractivity contribution is -0.132. The molecule has 0 aliphatic carbocycles. The number of hydrogen-bond donors (Lipinski definition) is 3. The van der Waals surface area contributed by atoms with Crippen LogP contribution in [0, 0.1) is 5.41 Å². The molecule has 1 fully saturated rings. The number of amides is 1. The second kappa shape index (κ2) is 6.21. The van der Waals surface area contributed by atoms with Gasteiger partial charge >= 0.3 is 0 Å². The third-order valence-corrected chi connectivity index (χ3v) is 3.45. The van der Waals surface area contributed by atoms with Crippen molar-refractivity contribution in [3.8, 4) is 0 Å². The van der Waals surface area contributed by atoms with Crippen molar-refractivity contribution in [2.24, 2.45) is 5.41 Å². The van der Waals surface area contributed by atoms with Crippen LogP contribution >= 0.6 is 0 Å². The van der Waals surface area contributed by atoms with Crippen molar-refractivity contribution in [2.75, 3.05) is 19.7 Å². The van der Waals surface area contributed by atoms with Gasteiger partial charge in [0, 0.05) is 19.2 Å². The monoisotopic (exact) mass is 228 g/mol. The van der Waals surface area contributed by atoms with E-state index in [0.29, 0.717) is 6.42 Å². The fourth-order valence-corrected chi connectivity index (χ4v) is 2.14. The highest BCUT2D eigenvalue weighted by Crippen LogP contribution is 2.25. The van der Waals surface area contributed by atoms with Crippen molar-refractivity contribution in [2.45, 2.75) is 45.6 Å². The average Bonchev–Trinajstić information content (AvgIpc) is 2.29. The van der Waals surface area contributed by atoms with Crippen molar-refractivity contribution in [1.82, 2.24) is 10.6 Å². The van der Waals surface area contributed by atoms with Gasteiger partial charge in [-0.2, -0.15) is 0 Å². The van der Waals surface area contributed by atoms with Crippen LogP contribution in [0.5, 0.6) is 0 Å². The third-order valence-electron chi connectivity index (χ3n) is 3.45. The van der Waals surface area contributed by atoms with E-state index in [1.165, 1.54) is 0 Å². The minimum absolute atomic E-state index is 0.108. The summed E-state index contributed by atoms with van der Waals surface area (Å²) in [6, 6.07) is 0.108. The van der Waals surface area contributed by atoms with Gasteiger partial charge in [-0.05, 0) is 39.2 Å². The molecular formula is C12H24N2O2. The standard InChI is InChI=1S/C12H24N2O2/c1-3-10(5-8-15)14-11(16)12(2)6-4-7-13-9-12/h10,13,15H,3-9H2,1-2H3,(H,14,16). The zero-order chi connectivity index (χ0) is 12.0. The maximum atomic E-state index is 12.1. The molecule has 2 atom stereocenters. The van der Waals surface area contributed by atoms with Crippen molar-refractivity contribution in [3.63, 3.8) is 0 Å². The Kier molecular flexibility index (Phi) is 5.22. The molecule has 1 amide bonds. The fraction of sp³-hybridized carbons (Fsp3) is 0.917. The Labute approximate surface area is 97.8 Å². The van der Waals surface area contributed by atoms with Crippen LogP contribution in [0.4, 0.5) is 0 Å². The summed E-state index contributed by atoms with van der Waals surface area (Å²) in [6.07, 6.45) is 3.52. The molecule has 2 unspecified atom stereocenters. The second-order valence-electron chi connectivity index (χ2n) is 4.93. The van der Waals surface area contributed by atoms with Crippen LogP contribution in [0.2, 0.25) is 0 Å². The number of hydrogen-bond acceptors (Lipinski definition) is 3. The maximum Gasteiger partial charge on any atom is 0.227 e. The van der Waals surface area contributed by atoms with Gasteiger partial charge in [-0.25, -0.2) is 0 Å². The minimum atomic E-state index is -0.277. The Morgan fingerprint density at radius 2 is 2.38 bits per heavy atom. The molecule has 1 aliphatic heterocycles. The molecule has 4 nitrogen and oxygen atoms in total. The Morgan fingerprint density at radius 1 is 1.62 bits per heavy atom. The van der Waals surface area contributed by atoms with Gasteiger partial charge in [-0.1, -0.05) is 6.92 Å². The van der Waals surface area contributed by atoms with E-state index in [9.17, 15) is 4.79 Å². The minimum Gasteiger partial charge on any atom is -0.396 e. The first-order valence-corrected chi connectivity index (χ1v) is 6.25. The smallest absolute Gasteiger partial charge is 0.227 e. The van der Waals surface area contributed by atoms with Crippen LogP contribution in [-0.2, 0) is 4.79 Å². The molecule has 1 aliphatic rings. The highest BCUT2D eigenvalue weighted by Gasteiger charge is 2.35. The predicted molar refractivity (Wildman–Crippen MR) is 64.1 cm³/mol. The molecule has 0 aromatic heterocycles. The van der Waals surface area contributed by atoms with E-state index in [-0.39, 0.29) is 24.0 Å². The van der Waals surface area contributed by atoms with Gasteiger partial charge in [0.1, 0.15) is 0 Å². The molecule has 0 aromatic carbocycles. The summed E-state index contributed by atoms with van der Waals surface area (Å²) in [5, 5.41) is 15.2. The fourth-order valence-electron chi connectivity index (χ4n) is 2.14. The normalized spacial score (nSPS) is 27.4. The lowest BCUT2D eigenvalue weighted by Crippen LogP contribution is -2.51. The van der Waals surface area contributed by atoms with Crippen LogP contribution in [0.15, 0.2) is 0 Å². The van der Waals surface area contributed by atoms with E-state index < -0.39 is 0 Å². The zero-order valence-corrected chi connectivity index (χ0v) is 10.4. The summed E-state index contributed by atoms with van der Waals surface area (Å²) in [6.45, 7) is 5.95. The summed E-state index contributed by atoms with van der Waals surface area (Å²) < 4.78 is 0. The van der Waals surface area contributed by atoms with Crippen molar-refractivity contribution in [1.29, 1.82) is 0 Å². The predicted octanol–water partition coefficient (Wildman–Crippen LogP) is 0.653. The largest absolute Gasteiger partial charge is 0.396 e. The number of rotatable bonds is 5. The van der Waals surface area contributed by atoms with Gasteiger partial charge in [-0.15, -0.1) is 0 Å². The topological polar surface area (TPSA) is 61.4 Å². The summed E-state index contributed by atoms with van der Waals surface area (Å²) >= 11 is 0. The Morgan fingerprint density at radius 3 is 2.88 bits per heavy atom. The number of carbonyl (C=O) groups excluding carboxylic acids is 1. The highest BCUT2D eigenvalue weighted by atomic mass is 16.3.